The zero-order valence-corrected chi connectivity index (χ0v) is 15.6. The molecule has 1 aromatic rings. The molecule has 8 heteroatoms. The van der Waals surface area contributed by atoms with Crippen LogP contribution in [0.25, 0.3) is 0 Å². The second-order valence-electron chi connectivity index (χ2n) is 7.60. The van der Waals surface area contributed by atoms with Gasteiger partial charge in [0.05, 0.1) is 19.8 Å². The standard InChI is InChI=1S/C18H29N5O3/c1-14-19-17(26-20-14)12-21-6-8-22(9-7-21)18(24)16-13-25-11-10-23(16)15-4-2-3-5-15/h15-16H,2-13H2,1H3/t16-/m1/s1. The van der Waals surface area contributed by atoms with E-state index in [0.717, 1.165) is 39.3 Å². The van der Waals surface area contributed by atoms with Gasteiger partial charge >= 0.3 is 0 Å². The van der Waals surface area contributed by atoms with Crippen molar-refractivity contribution in [1.82, 2.24) is 24.8 Å². The Balaban J connectivity index is 1.32. The second kappa shape index (κ2) is 8.02. The summed E-state index contributed by atoms with van der Waals surface area (Å²) in [6.07, 6.45) is 5.02. The van der Waals surface area contributed by atoms with E-state index >= 15 is 0 Å². The zero-order valence-electron chi connectivity index (χ0n) is 15.6. The third-order valence-electron chi connectivity index (χ3n) is 5.86. The highest BCUT2D eigenvalue weighted by molar-refractivity contribution is 5.82. The van der Waals surface area contributed by atoms with Crippen molar-refractivity contribution in [3.05, 3.63) is 11.7 Å². The van der Waals surface area contributed by atoms with Crippen LogP contribution in [0.5, 0.6) is 0 Å². The van der Waals surface area contributed by atoms with Gasteiger partial charge in [0.25, 0.3) is 0 Å². The molecule has 4 rings (SSSR count). The first-order chi connectivity index (χ1) is 12.7. The predicted molar refractivity (Wildman–Crippen MR) is 94.5 cm³/mol. The van der Waals surface area contributed by atoms with Gasteiger partial charge in [-0.25, -0.2) is 0 Å². The minimum absolute atomic E-state index is 0.100. The SMILES string of the molecule is Cc1noc(CN2CCN(C(=O)[C@H]3COCCN3C3CCCC3)CC2)n1. The van der Waals surface area contributed by atoms with Crippen molar-refractivity contribution in [3.8, 4) is 0 Å². The maximum atomic E-state index is 13.1. The van der Waals surface area contributed by atoms with E-state index in [2.05, 4.69) is 19.9 Å². The molecule has 0 aromatic carbocycles. The molecular formula is C18H29N5O3. The maximum Gasteiger partial charge on any atom is 0.242 e. The number of ether oxygens (including phenoxy) is 1. The fourth-order valence-electron chi connectivity index (χ4n) is 4.44. The first kappa shape index (κ1) is 17.9. The molecule has 0 unspecified atom stereocenters. The maximum absolute atomic E-state index is 13.1. The normalized spacial score (nSPS) is 26.5. The first-order valence-corrected chi connectivity index (χ1v) is 9.84. The van der Waals surface area contributed by atoms with Gasteiger partial charge in [0, 0.05) is 38.8 Å². The summed E-state index contributed by atoms with van der Waals surface area (Å²) in [6, 6.07) is 0.465. The van der Waals surface area contributed by atoms with Crippen LogP contribution in [-0.2, 0) is 16.1 Å². The molecule has 1 amide bonds. The van der Waals surface area contributed by atoms with Gasteiger partial charge < -0.3 is 14.2 Å². The number of morpholine rings is 1. The van der Waals surface area contributed by atoms with Crippen LogP contribution < -0.4 is 0 Å². The summed E-state index contributed by atoms with van der Waals surface area (Å²) in [5, 5.41) is 3.84. The molecule has 1 atom stereocenters. The number of carbonyl (C=O) groups is 1. The lowest BCUT2D eigenvalue weighted by molar-refractivity contribution is -0.147. The third-order valence-corrected chi connectivity index (χ3v) is 5.86. The summed E-state index contributed by atoms with van der Waals surface area (Å²) < 4.78 is 10.9. The fourth-order valence-corrected chi connectivity index (χ4v) is 4.44. The highest BCUT2D eigenvalue weighted by Gasteiger charge is 2.38. The Labute approximate surface area is 154 Å². The van der Waals surface area contributed by atoms with E-state index in [-0.39, 0.29) is 11.9 Å². The number of piperazine rings is 1. The molecule has 3 heterocycles. The van der Waals surface area contributed by atoms with Gasteiger partial charge in [-0.3, -0.25) is 14.6 Å². The summed E-state index contributed by atoms with van der Waals surface area (Å²) in [4.78, 5) is 24.1. The number of rotatable bonds is 4. The number of hydrogen-bond acceptors (Lipinski definition) is 7. The van der Waals surface area contributed by atoms with Crippen LogP contribution in [0.15, 0.2) is 4.52 Å². The highest BCUT2D eigenvalue weighted by atomic mass is 16.5. The molecule has 3 fully saturated rings. The van der Waals surface area contributed by atoms with Gasteiger partial charge in [0.15, 0.2) is 5.82 Å². The average Bonchev–Trinajstić information content (AvgIpc) is 3.34. The highest BCUT2D eigenvalue weighted by Crippen LogP contribution is 2.27. The number of nitrogens with zero attached hydrogens (tertiary/aromatic N) is 5. The van der Waals surface area contributed by atoms with Crippen LogP contribution >= 0.6 is 0 Å². The number of aryl methyl sites for hydroxylation is 1. The summed E-state index contributed by atoms with van der Waals surface area (Å²) >= 11 is 0. The largest absolute Gasteiger partial charge is 0.378 e. The van der Waals surface area contributed by atoms with Crippen molar-refractivity contribution in [2.75, 3.05) is 45.9 Å². The molecule has 1 aliphatic carbocycles. The van der Waals surface area contributed by atoms with Crippen molar-refractivity contribution < 1.29 is 14.1 Å². The van der Waals surface area contributed by atoms with E-state index in [9.17, 15) is 4.79 Å². The molecule has 3 aliphatic rings. The molecule has 0 bridgehead atoms. The fraction of sp³-hybridized carbons (Fsp3) is 0.833. The molecule has 26 heavy (non-hydrogen) atoms. The lowest BCUT2D eigenvalue weighted by atomic mass is 10.1. The molecule has 0 spiro atoms. The molecule has 1 saturated carbocycles. The van der Waals surface area contributed by atoms with Crippen LogP contribution in [0.4, 0.5) is 0 Å². The minimum Gasteiger partial charge on any atom is -0.378 e. The molecule has 1 aromatic heterocycles. The molecule has 2 saturated heterocycles. The Bertz CT molecular complexity index is 608. The molecule has 0 radical (unpaired) electrons. The number of aromatic nitrogens is 2. The summed E-state index contributed by atoms with van der Waals surface area (Å²) in [6.45, 7) is 7.83. The molecular weight excluding hydrogens is 334 g/mol. The topological polar surface area (TPSA) is 74.9 Å². The smallest absolute Gasteiger partial charge is 0.242 e. The lowest BCUT2D eigenvalue weighted by Gasteiger charge is -2.42. The van der Waals surface area contributed by atoms with Crippen LogP contribution in [0.3, 0.4) is 0 Å². The van der Waals surface area contributed by atoms with Crippen molar-refractivity contribution in [3.63, 3.8) is 0 Å². The van der Waals surface area contributed by atoms with Crippen LogP contribution in [-0.4, -0.2) is 88.8 Å². The Kier molecular flexibility index (Phi) is 5.52. The van der Waals surface area contributed by atoms with Gasteiger partial charge in [-0.05, 0) is 19.8 Å². The van der Waals surface area contributed by atoms with Gasteiger partial charge in [-0.1, -0.05) is 18.0 Å². The zero-order chi connectivity index (χ0) is 17.9. The summed E-state index contributed by atoms with van der Waals surface area (Å²) in [5.41, 5.74) is 0. The molecule has 144 valence electrons. The van der Waals surface area contributed by atoms with Gasteiger partial charge in [-0.15, -0.1) is 0 Å². The Morgan fingerprint density at radius 2 is 1.92 bits per heavy atom. The van der Waals surface area contributed by atoms with E-state index in [1.165, 1.54) is 25.7 Å². The van der Waals surface area contributed by atoms with Crippen LogP contribution in [0.2, 0.25) is 0 Å². The number of amides is 1. The van der Waals surface area contributed by atoms with Crippen molar-refractivity contribution >= 4 is 5.91 Å². The van der Waals surface area contributed by atoms with Crippen LogP contribution in [0.1, 0.15) is 37.4 Å². The number of carbonyl (C=O) groups excluding carboxylic acids is 1. The number of hydrogen-bond donors (Lipinski definition) is 0. The Morgan fingerprint density at radius 3 is 2.62 bits per heavy atom. The van der Waals surface area contributed by atoms with Crippen molar-refractivity contribution in [2.45, 2.75) is 51.2 Å². The van der Waals surface area contributed by atoms with Crippen molar-refractivity contribution in [1.29, 1.82) is 0 Å². The Morgan fingerprint density at radius 1 is 1.15 bits per heavy atom. The van der Waals surface area contributed by atoms with E-state index < -0.39 is 0 Å². The van der Waals surface area contributed by atoms with Crippen LogP contribution in [0, 0.1) is 6.92 Å². The van der Waals surface area contributed by atoms with Gasteiger partial charge in [-0.2, -0.15) is 4.98 Å². The van der Waals surface area contributed by atoms with Gasteiger partial charge in [0.1, 0.15) is 6.04 Å². The average molecular weight is 363 g/mol. The molecule has 8 nitrogen and oxygen atoms in total. The van der Waals surface area contributed by atoms with E-state index in [4.69, 9.17) is 9.26 Å². The third kappa shape index (κ3) is 3.92. The second-order valence-corrected chi connectivity index (χ2v) is 7.60. The van der Waals surface area contributed by atoms with E-state index in [0.29, 0.717) is 30.9 Å². The molecule has 2 aliphatic heterocycles. The first-order valence-electron chi connectivity index (χ1n) is 9.84. The lowest BCUT2D eigenvalue weighted by Crippen LogP contribution is -2.60. The molecule has 0 N–H and O–H groups in total. The van der Waals surface area contributed by atoms with Gasteiger partial charge in [0.2, 0.25) is 11.8 Å². The monoisotopic (exact) mass is 363 g/mol. The van der Waals surface area contributed by atoms with E-state index in [1.807, 2.05) is 11.8 Å². The predicted octanol–water partition coefficient (Wildman–Crippen LogP) is 0.666. The summed E-state index contributed by atoms with van der Waals surface area (Å²) in [7, 11) is 0. The van der Waals surface area contributed by atoms with E-state index in [1.54, 1.807) is 0 Å². The van der Waals surface area contributed by atoms with Crippen molar-refractivity contribution in [2.24, 2.45) is 0 Å². The quantitative estimate of drug-likeness (QED) is 0.778. The minimum atomic E-state index is -0.100. The summed E-state index contributed by atoms with van der Waals surface area (Å²) in [5.74, 6) is 1.55. The Hall–Kier alpha value is -1.51.